The van der Waals surface area contributed by atoms with Crippen molar-refractivity contribution in [3.8, 4) is 0 Å². The van der Waals surface area contributed by atoms with E-state index < -0.39 is 12.2 Å². The normalized spacial score (nSPS) is 41.0. The average molecular weight is 430 g/mol. The van der Waals surface area contributed by atoms with E-state index in [2.05, 4.69) is 37.5 Å². The smallest absolute Gasteiger partial charge is 0.0811 e. The van der Waals surface area contributed by atoms with Gasteiger partial charge in [-0.05, 0) is 85.8 Å². The van der Waals surface area contributed by atoms with Crippen LogP contribution in [0.3, 0.4) is 0 Å². The summed E-state index contributed by atoms with van der Waals surface area (Å²) in [5.74, 6) is 2.25. The molecule has 2 N–H and O–H groups in total. The molecular formula is C27H43NO3. The number of nitrogens with zero attached hydrogens (tertiary/aromatic N) is 1. The summed E-state index contributed by atoms with van der Waals surface area (Å²) in [6.07, 6.45) is 12.2. The minimum Gasteiger partial charge on any atom is -0.393 e. The van der Waals surface area contributed by atoms with E-state index in [0.717, 1.165) is 49.3 Å². The lowest BCUT2D eigenvalue weighted by atomic mass is 9.61. The molecule has 4 heteroatoms. The zero-order valence-electron chi connectivity index (χ0n) is 19.7. The molecule has 6 atom stereocenters. The number of morpholine rings is 1. The largest absolute Gasteiger partial charge is 0.393 e. The molecule has 1 aliphatic heterocycles. The maximum absolute atomic E-state index is 10.2. The number of aliphatic hydroxyl groups excluding tert-OH is 2. The molecule has 4 rings (SSSR count). The van der Waals surface area contributed by atoms with E-state index in [1.807, 2.05) is 0 Å². The second-order valence-corrected chi connectivity index (χ2v) is 10.9. The van der Waals surface area contributed by atoms with Gasteiger partial charge in [0.2, 0.25) is 0 Å². The molecular weight excluding hydrogens is 386 g/mol. The van der Waals surface area contributed by atoms with E-state index in [9.17, 15) is 10.2 Å². The van der Waals surface area contributed by atoms with Crippen LogP contribution in [0.15, 0.2) is 35.5 Å². The Labute approximate surface area is 189 Å². The zero-order chi connectivity index (χ0) is 22.0. The third-order valence-corrected chi connectivity index (χ3v) is 8.99. The molecule has 3 aliphatic carbocycles. The van der Waals surface area contributed by atoms with Crippen molar-refractivity contribution in [2.75, 3.05) is 32.8 Å². The molecule has 0 aromatic carbocycles. The second kappa shape index (κ2) is 9.91. The first-order chi connectivity index (χ1) is 14.9. The van der Waals surface area contributed by atoms with Gasteiger partial charge in [-0.15, -0.1) is 0 Å². The summed E-state index contributed by atoms with van der Waals surface area (Å²) < 4.78 is 5.50. The van der Waals surface area contributed by atoms with Crippen LogP contribution in [0.1, 0.15) is 65.2 Å². The molecule has 3 saturated carbocycles. The number of hydrogen-bond donors (Lipinski definition) is 2. The average Bonchev–Trinajstić information content (AvgIpc) is 3.12. The predicted octanol–water partition coefficient (Wildman–Crippen LogP) is 4.49. The van der Waals surface area contributed by atoms with Gasteiger partial charge in [0.25, 0.3) is 0 Å². The highest BCUT2D eigenvalue weighted by atomic mass is 16.5. The molecule has 4 aliphatic rings. The zero-order valence-corrected chi connectivity index (χ0v) is 19.7. The predicted molar refractivity (Wildman–Crippen MR) is 126 cm³/mol. The summed E-state index contributed by atoms with van der Waals surface area (Å²) in [5.41, 5.74) is 3.82. The lowest BCUT2D eigenvalue weighted by Crippen LogP contribution is -2.39. The Morgan fingerprint density at radius 3 is 2.77 bits per heavy atom. The highest BCUT2D eigenvalue weighted by Crippen LogP contribution is 2.59. The Hall–Kier alpha value is -0.940. The third-order valence-electron chi connectivity index (χ3n) is 8.99. The van der Waals surface area contributed by atoms with E-state index in [4.69, 9.17) is 4.74 Å². The Kier molecular flexibility index (Phi) is 7.42. The van der Waals surface area contributed by atoms with Crippen LogP contribution in [0, 0.1) is 23.2 Å². The highest BCUT2D eigenvalue weighted by molar-refractivity contribution is 5.38. The van der Waals surface area contributed by atoms with Crippen molar-refractivity contribution in [1.82, 2.24) is 4.90 Å². The van der Waals surface area contributed by atoms with E-state index in [-0.39, 0.29) is 0 Å². The molecule has 4 nitrogen and oxygen atoms in total. The van der Waals surface area contributed by atoms with Crippen LogP contribution in [0.25, 0.3) is 0 Å². The summed E-state index contributed by atoms with van der Waals surface area (Å²) in [4.78, 5) is 2.58. The van der Waals surface area contributed by atoms with Gasteiger partial charge in [0.1, 0.15) is 0 Å². The molecule has 0 bridgehead atoms. The van der Waals surface area contributed by atoms with Gasteiger partial charge < -0.3 is 14.9 Å². The molecule has 1 saturated heterocycles. The van der Waals surface area contributed by atoms with Gasteiger partial charge in [-0.25, -0.2) is 0 Å². The van der Waals surface area contributed by atoms with Crippen molar-refractivity contribution < 1.29 is 14.9 Å². The fraction of sp³-hybridized carbons (Fsp3) is 0.778. The summed E-state index contributed by atoms with van der Waals surface area (Å²) in [6, 6.07) is 0. The summed E-state index contributed by atoms with van der Waals surface area (Å²) in [5, 5.41) is 20.2. The molecule has 0 aromatic heterocycles. The second-order valence-electron chi connectivity index (χ2n) is 10.9. The van der Waals surface area contributed by atoms with Gasteiger partial charge in [-0.2, -0.15) is 0 Å². The first kappa shape index (κ1) is 23.2. The van der Waals surface area contributed by atoms with Crippen LogP contribution in [-0.4, -0.2) is 60.2 Å². The molecule has 0 amide bonds. The lowest BCUT2D eigenvalue weighted by Gasteiger charge is -2.44. The van der Waals surface area contributed by atoms with E-state index in [1.165, 1.54) is 45.1 Å². The molecule has 0 unspecified atom stereocenters. The molecule has 0 radical (unpaired) electrons. The first-order valence-corrected chi connectivity index (χ1v) is 12.6. The van der Waals surface area contributed by atoms with Crippen LogP contribution >= 0.6 is 0 Å². The summed E-state index contributed by atoms with van der Waals surface area (Å²) in [6.45, 7) is 14.3. The minimum atomic E-state index is -0.604. The van der Waals surface area contributed by atoms with Crippen LogP contribution in [0.5, 0.6) is 0 Å². The van der Waals surface area contributed by atoms with E-state index in [0.29, 0.717) is 24.2 Å². The number of ether oxygens (including phenoxy) is 1. The fourth-order valence-corrected chi connectivity index (χ4v) is 7.09. The van der Waals surface area contributed by atoms with E-state index in [1.54, 1.807) is 5.57 Å². The van der Waals surface area contributed by atoms with Gasteiger partial charge in [0, 0.05) is 19.5 Å². The van der Waals surface area contributed by atoms with Gasteiger partial charge in [0.15, 0.2) is 0 Å². The van der Waals surface area contributed by atoms with Crippen molar-refractivity contribution in [1.29, 1.82) is 0 Å². The number of fused-ring (bicyclic) bond motifs is 1. The Morgan fingerprint density at radius 1 is 1.23 bits per heavy atom. The summed E-state index contributed by atoms with van der Waals surface area (Å²) in [7, 11) is 0. The van der Waals surface area contributed by atoms with Crippen LogP contribution in [0.4, 0.5) is 0 Å². The lowest BCUT2D eigenvalue weighted by molar-refractivity contribution is 0.0299. The van der Waals surface area contributed by atoms with Crippen molar-refractivity contribution in [2.45, 2.75) is 77.4 Å². The van der Waals surface area contributed by atoms with Crippen LogP contribution in [0.2, 0.25) is 0 Å². The van der Waals surface area contributed by atoms with Gasteiger partial charge in [0.05, 0.1) is 25.4 Å². The highest BCUT2D eigenvalue weighted by Gasteiger charge is 2.50. The van der Waals surface area contributed by atoms with Gasteiger partial charge >= 0.3 is 0 Å². The number of allylic oxidation sites excluding steroid dienone is 3. The van der Waals surface area contributed by atoms with Crippen LogP contribution < -0.4 is 0 Å². The molecule has 1 heterocycles. The first-order valence-electron chi connectivity index (χ1n) is 12.6. The third kappa shape index (κ3) is 5.03. The monoisotopic (exact) mass is 429 g/mol. The quantitative estimate of drug-likeness (QED) is 0.676. The number of hydrogen-bond acceptors (Lipinski definition) is 4. The molecule has 0 spiro atoms. The van der Waals surface area contributed by atoms with Crippen molar-refractivity contribution in [2.24, 2.45) is 23.2 Å². The Balaban J connectivity index is 1.42. The van der Waals surface area contributed by atoms with Crippen molar-refractivity contribution >= 4 is 0 Å². The molecule has 174 valence electrons. The fourth-order valence-electron chi connectivity index (χ4n) is 7.09. The van der Waals surface area contributed by atoms with Crippen molar-refractivity contribution in [3.63, 3.8) is 0 Å². The Bertz CT molecular complexity index is 707. The minimum absolute atomic E-state index is 0.412. The molecule has 4 fully saturated rings. The number of aliphatic hydroxyl groups is 2. The standard InChI is InChI=1S/C27H43NO3/c1-19(10-12-28-13-15-31-16-14-28)24-8-9-25-21(5-4-11-27(24,25)3)6-7-22-17-23(29)18-26(30)20(22)2/h6-7,19,23-26,29-30H,2,4-5,8-18H2,1,3H3/b21-6+,22-7-/t19-,23-,24-,25+,26+,27-/m1/s1. The van der Waals surface area contributed by atoms with Gasteiger partial charge in [-0.1, -0.05) is 38.2 Å². The van der Waals surface area contributed by atoms with E-state index >= 15 is 0 Å². The van der Waals surface area contributed by atoms with Crippen molar-refractivity contribution in [3.05, 3.63) is 35.5 Å². The molecule has 31 heavy (non-hydrogen) atoms. The summed E-state index contributed by atoms with van der Waals surface area (Å²) >= 11 is 0. The van der Waals surface area contributed by atoms with Crippen LogP contribution in [-0.2, 0) is 4.74 Å². The maximum atomic E-state index is 10.2. The van der Waals surface area contributed by atoms with Gasteiger partial charge in [-0.3, -0.25) is 4.90 Å². The topological polar surface area (TPSA) is 52.9 Å². The number of rotatable bonds is 5. The maximum Gasteiger partial charge on any atom is 0.0811 e. The Morgan fingerprint density at radius 2 is 2.00 bits per heavy atom. The SMILES string of the molecule is C=C1/C(=C\C=C2/CCC[C@]3(C)[C@@H]([C@H](C)CCN4CCOCC4)CC[C@@H]23)C[C@@H](O)C[C@@H]1O. The molecule has 0 aromatic rings.